The number of benzene rings is 2. The van der Waals surface area contributed by atoms with Crippen molar-refractivity contribution in [3.05, 3.63) is 63.9 Å². The van der Waals surface area contributed by atoms with Gasteiger partial charge in [-0.2, -0.15) is 0 Å². The van der Waals surface area contributed by atoms with Crippen molar-refractivity contribution in [2.75, 3.05) is 26.2 Å². The maximum atomic E-state index is 12.9. The van der Waals surface area contributed by atoms with Crippen molar-refractivity contribution >= 4 is 27.9 Å². The first-order valence-electron chi connectivity index (χ1n) is 8.87. The Morgan fingerprint density at radius 1 is 0.897 bits per heavy atom. The van der Waals surface area contributed by atoms with Crippen molar-refractivity contribution in [1.29, 1.82) is 0 Å². The van der Waals surface area contributed by atoms with E-state index < -0.39 is 11.9 Å². The molecule has 29 heavy (non-hydrogen) atoms. The molecule has 3 rings (SSSR count). The third kappa shape index (κ3) is 7.80. The van der Waals surface area contributed by atoms with E-state index in [2.05, 4.69) is 25.7 Å². The van der Waals surface area contributed by atoms with E-state index in [1.165, 1.54) is 12.1 Å². The summed E-state index contributed by atoms with van der Waals surface area (Å²) in [5.74, 6) is -3.49. The van der Waals surface area contributed by atoms with Crippen LogP contribution < -0.4 is 0 Å². The molecule has 1 aliphatic rings. The summed E-state index contributed by atoms with van der Waals surface area (Å²) < 4.78 is 13.9. The first-order valence-corrected chi connectivity index (χ1v) is 9.66. The summed E-state index contributed by atoms with van der Waals surface area (Å²) in [6.45, 7) is 5.50. The molecule has 0 aliphatic carbocycles. The predicted octanol–water partition coefficient (Wildman–Crippen LogP) is 2.77. The van der Waals surface area contributed by atoms with E-state index in [0.717, 1.165) is 54.9 Å². The Morgan fingerprint density at radius 2 is 1.41 bits per heavy atom. The Balaban J connectivity index is 0.000000438. The van der Waals surface area contributed by atoms with Gasteiger partial charge in [0.2, 0.25) is 0 Å². The maximum Gasteiger partial charge on any atom is 0.414 e. The molecule has 1 saturated heterocycles. The molecule has 1 fully saturated rings. The van der Waals surface area contributed by atoms with Gasteiger partial charge >= 0.3 is 11.9 Å². The Labute approximate surface area is 176 Å². The number of carboxylic acids is 2. The van der Waals surface area contributed by atoms with E-state index in [-0.39, 0.29) is 5.82 Å². The summed E-state index contributed by atoms with van der Waals surface area (Å²) in [6, 6.07) is 12.3. The zero-order valence-electron chi connectivity index (χ0n) is 15.6. The number of rotatable bonds is 4. The summed E-state index contributed by atoms with van der Waals surface area (Å²) in [5.41, 5.74) is 2.09. The second kappa shape index (κ2) is 10.9. The second-order valence-electron chi connectivity index (χ2n) is 6.56. The fourth-order valence-corrected chi connectivity index (χ4v) is 3.28. The van der Waals surface area contributed by atoms with Crippen LogP contribution in [0.25, 0.3) is 0 Å². The average molecular weight is 469 g/mol. The van der Waals surface area contributed by atoms with Gasteiger partial charge in [-0.25, -0.2) is 14.0 Å². The zero-order chi connectivity index (χ0) is 21.4. The van der Waals surface area contributed by atoms with Gasteiger partial charge in [0, 0.05) is 49.3 Å². The zero-order valence-corrected chi connectivity index (χ0v) is 17.2. The first-order chi connectivity index (χ1) is 13.7. The lowest BCUT2D eigenvalue weighted by Crippen LogP contribution is -2.45. The van der Waals surface area contributed by atoms with Gasteiger partial charge in [0.1, 0.15) is 11.6 Å². The molecule has 7 nitrogen and oxygen atoms in total. The third-order valence-electron chi connectivity index (χ3n) is 4.40. The van der Waals surface area contributed by atoms with Gasteiger partial charge in [-0.1, -0.05) is 28.1 Å². The molecule has 1 heterocycles. The smallest absolute Gasteiger partial charge is 0.414 e. The number of aliphatic carboxylic acids is 2. The van der Waals surface area contributed by atoms with Crippen LogP contribution in [0.1, 0.15) is 11.1 Å². The molecule has 1 aliphatic heterocycles. The van der Waals surface area contributed by atoms with Gasteiger partial charge < -0.3 is 15.3 Å². The van der Waals surface area contributed by atoms with Crippen LogP contribution in [0, 0.1) is 5.82 Å². The number of hydrogen-bond donors (Lipinski definition) is 3. The Morgan fingerprint density at radius 3 is 1.93 bits per heavy atom. The summed E-state index contributed by atoms with van der Waals surface area (Å²) in [7, 11) is 0. The largest absolute Gasteiger partial charge is 0.508 e. The molecule has 0 saturated carbocycles. The van der Waals surface area contributed by atoms with Crippen LogP contribution in [-0.2, 0) is 22.7 Å². The fraction of sp³-hybridized carbons (Fsp3) is 0.300. The molecule has 2 aromatic rings. The van der Waals surface area contributed by atoms with Crippen LogP contribution in [0.3, 0.4) is 0 Å². The van der Waals surface area contributed by atoms with Crippen LogP contribution >= 0.6 is 15.9 Å². The summed E-state index contributed by atoms with van der Waals surface area (Å²) in [6.07, 6.45) is 0. The third-order valence-corrected chi connectivity index (χ3v) is 4.90. The van der Waals surface area contributed by atoms with Crippen molar-refractivity contribution in [1.82, 2.24) is 9.80 Å². The highest BCUT2D eigenvalue weighted by molar-refractivity contribution is 9.10. The molecule has 0 atom stereocenters. The maximum absolute atomic E-state index is 12.9. The van der Waals surface area contributed by atoms with Crippen molar-refractivity contribution in [2.24, 2.45) is 0 Å². The Hall–Kier alpha value is -2.49. The second-order valence-corrected chi connectivity index (χ2v) is 7.48. The van der Waals surface area contributed by atoms with Crippen molar-refractivity contribution in [3.8, 4) is 5.75 Å². The molecular weight excluding hydrogens is 447 g/mol. The van der Waals surface area contributed by atoms with Crippen molar-refractivity contribution < 1.29 is 29.3 Å². The Kier molecular flexibility index (Phi) is 8.56. The highest BCUT2D eigenvalue weighted by atomic mass is 79.9. The molecule has 0 bridgehead atoms. The average Bonchev–Trinajstić information content (AvgIpc) is 2.68. The number of halogens is 2. The van der Waals surface area contributed by atoms with Crippen LogP contribution in [0.4, 0.5) is 4.39 Å². The molecule has 156 valence electrons. The highest BCUT2D eigenvalue weighted by Crippen LogP contribution is 2.23. The van der Waals surface area contributed by atoms with E-state index in [4.69, 9.17) is 19.8 Å². The van der Waals surface area contributed by atoms with E-state index >= 15 is 0 Å². The summed E-state index contributed by atoms with van der Waals surface area (Å²) in [5, 5.41) is 24.7. The number of carbonyl (C=O) groups is 2. The molecule has 3 N–H and O–H groups in total. The topological polar surface area (TPSA) is 101 Å². The predicted molar refractivity (Wildman–Crippen MR) is 108 cm³/mol. The standard InChI is InChI=1S/C18H20BrFN2O.C2H2O4/c19-16-3-6-18(23)15(11-16)13-22-9-7-21(8-10-22)12-14-1-4-17(20)5-2-14;3-1(4)2(5)6/h1-6,11,23H,7-10,12-13H2;(H,3,4)(H,5,6). The van der Waals surface area contributed by atoms with E-state index in [1.54, 1.807) is 6.07 Å². The minimum Gasteiger partial charge on any atom is -0.508 e. The lowest BCUT2D eigenvalue weighted by molar-refractivity contribution is -0.159. The molecule has 0 amide bonds. The molecule has 0 spiro atoms. The monoisotopic (exact) mass is 468 g/mol. The van der Waals surface area contributed by atoms with Crippen LogP contribution in [0.15, 0.2) is 46.9 Å². The number of phenolic OH excluding ortho intramolecular Hbond substituents is 1. The van der Waals surface area contributed by atoms with E-state index in [9.17, 15) is 9.50 Å². The number of phenols is 1. The minimum absolute atomic E-state index is 0.188. The summed E-state index contributed by atoms with van der Waals surface area (Å²) >= 11 is 3.45. The first kappa shape index (κ1) is 22.8. The van der Waals surface area contributed by atoms with Crippen LogP contribution in [0.2, 0.25) is 0 Å². The molecule has 0 aromatic heterocycles. The van der Waals surface area contributed by atoms with Gasteiger partial charge in [0.15, 0.2) is 0 Å². The number of piperazine rings is 1. The van der Waals surface area contributed by atoms with E-state index in [0.29, 0.717) is 5.75 Å². The lowest BCUT2D eigenvalue weighted by Gasteiger charge is -2.34. The van der Waals surface area contributed by atoms with Crippen molar-refractivity contribution in [2.45, 2.75) is 13.1 Å². The SMILES string of the molecule is O=C(O)C(=O)O.Oc1ccc(Br)cc1CN1CCN(Cc2ccc(F)cc2)CC1. The number of nitrogens with zero attached hydrogens (tertiary/aromatic N) is 2. The fourth-order valence-electron chi connectivity index (χ4n) is 2.88. The van der Waals surface area contributed by atoms with Gasteiger partial charge in [-0.3, -0.25) is 9.80 Å². The Bertz CT molecular complexity index is 827. The van der Waals surface area contributed by atoms with Gasteiger partial charge in [0.25, 0.3) is 0 Å². The van der Waals surface area contributed by atoms with Gasteiger partial charge in [-0.15, -0.1) is 0 Å². The number of carboxylic acid groups (broad SMARTS) is 2. The van der Waals surface area contributed by atoms with Gasteiger partial charge in [0.05, 0.1) is 0 Å². The molecule has 9 heteroatoms. The molecule has 2 aromatic carbocycles. The number of hydrogen-bond acceptors (Lipinski definition) is 5. The molecule has 0 unspecified atom stereocenters. The summed E-state index contributed by atoms with van der Waals surface area (Å²) in [4.78, 5) is 22.9. The quantitative estimate of drug-likeness (QED) is 0.592. The minimum atomic E-state index is -1.82. The van der Waals surface area contributed by atoms with Crippen LogP contribution in [-0.4, -0.2) is 63.2 Å². The molecular formula is C20H22BrFN2O5. The van der Waals surface area contributed by atoms with Crippen molar-refractivity contribution in [3.63, 3.8) is 0 Å². The normalized spacial score (nSPS) is 14.7. The van der Waals surface area contributed by atoms with Gasteiger partial charge in [-0.05, 0) is 35.9 Å². The highest BCUT2D eigenvalue weighted by Gasteiger charge is 2.18. The van der Waals surface area contributed by atoms with E-state index in [1.807, 2.05) is 24.3 Å². The van der Waals surface area contributed by atoms with Crippen LogP contribution in [0.5, 0.6) is 5.75 Å². The number of aromatic hydroxyl groups is 1. The molecule has 0 radical (unpaired) electrons. The lowest BCUT2D eigenvalue weighted by atomic mass is 10.1.